The van der Waals surface area contributed by atoms with Crippen LogP contribution in [0.25, 0.3) is 0 Å². The van der Waals surface area contributed by atoms with Crippen LogP contribution in [0.2, 0.25) is 0 Å². The molecule has 33 heavy (non-hydrogen) atoms. The zero-order chi connectivity index (χ0) is 22.3. The summed E-state index contributed by atoms with van der Waals surface area (Å²) in [6.45, 7) is 8.84. The van der Waals surface area contributed by atoms with Gasteiger partial charge in [0.25, 0.3) is 0 Å². The molecule has 2 aliphatic heterocycles. The first-order valence-corrected chi connectivity index (χ1v) is 11.4. The predicted octanol–water partition coefficient (Wildman–Crippen LogP) is 2.63. The van der Waals surface area contributed by atoms with Crippen LogP contribution < -0.4 is 20.9 Å². The SMILES string of the molecule is CCN1CCN(c2ccc(CNC(=NC)NCC3CC(=O)Nc4ccccc43)cn2)CC1.I. The Bertz CT molecular complexity index is 942. The Hall–Kier alpha value is -2.40. The fraction of sp³-hybridized carbons (Fsp3) is 0.458. The zero-order valence-corrected chi connectivity index (χ0v) is 21.7. The minimum atomic E-state index is 0. The zero-order valence-electron chi connectivity index (χ0n) is 19.4. The van der Waals surface area contributed by atoms with Crippen molar-refractivity contribution in [2.45, 2.75) is 25.8 Å². The third-order valence-electron chi connectivity index (χ3n) is 6.26. The van der Waals surface area contributed by atoms with E-state index in [0.29, 0.717) is 25.5 Å². The highest BCUT2D eigenvalue weighted by Crippen LogP contribution is 2.31. The Labute approximate surface area is 213 Å². The van der Waals surface area contributed by atoms with Crippen LogP contribution in [0.1, 0.15) is 30.4 Å². The van der Waals surface area contributed by atoms with E-state index in [2.05, 4.69) is 60.8 Å². The molecule has 4 rings (SSSR count). The molecule has 2 aliphatic rings. The number of nitrogens with one attached hydrogen (secondary N) is 3. The van der Waals surface area contributed by atoms with Crippen molar-refractivity contribution in [2.75, 3.05) is 56.5 Å². The number of halogens is 1. The van der Waals surface area contributed by atoms with Gasteiger partial charge in [-0.05, 0) is 29.8 Å². The van der Waals surface area contributed by atoms with Crippen molar-refractivity contribution >= 4 is 47.3 Å². The summed E-state index contributed by atoms with van der Waals surface area (Å²) in [6, 6.07) is 12.2. The molecule has 0 aliphatic carbocycles. The maximum atomic E-state index is 12.0. The number of fused-ring (bicyclic) bond motifs is 1. The molecule has 1 aromatic carbocycles. The standard InChI is InChI=1S/C24H33N7O.HI/c1-3-30-10-12-31(13-11-30)22-9-8-18(15-26-22)16-27-24(25-2)28-17-19-14-23(32)29-21-7-5-4-6-20(19)21;/h4-9,15,19H,3,10-14,16-17H2,1-2H3,(H,29,32)(H2,25,27,28);1H. The number of likely N-dealkylation sites (N-methyl/N-ethyl adjacent to an activating group) is 1. The smallest absolute Gasteiger partial charge is 0.225 e. The largest absolute Gasteiger partial charge is 0.356 e. The van der Waals surface area contributed by atoms with Gasteiger partial charge in [-0.2, -0.15) is 0 Å². The van der Waals surface area contributed by atoms with E-state index < -0.39 is 0 Å². The Kier molecular flexibility index (Phi) is 9.30. The number of carbonyl (C=O) groups excluding carboxylic acids is 1. The molecular formula is C24H34IN7O. The van der Waals surface area contributed by atoms with Crippen LogP contribution in [0.3, 0.4) is 0 Å². The molecule has 0 radical (unpaired) electrons. The van der Waals surface area contributed by atoms with E-state index in [1.807, 2.05) is 24.4 Å². The van der Waals surface area contributed by atoms with Gasteiger partial charge in [-0.3, -0.25) is 9.79 Å². The Morgan fingerprint density at radius 1 is 1.15 bits per heavy atom. The first kappa shape index (κ1) is 25.2. The van der Waals surface area contributed by atoms with Crippen molar-refractivity contribution in [3.63, 3.8) is 0 Å². The normalized spacial score (nSPS) is 18.7. The molecule has 3 N–H and O–H groups in total. The Morgan fingerprint density at radius 2 is 1.94 bits per heavy atom. The molecule has 1 aromatic heterocycles. The van der Waals surface area contributed by atoms with Crippen LogP contribution in [0.5, 0.6) is 0 Å². The van der Waals surface area contributed by atoms with Gasteiger partial charge in [-0.25, -0.2) is 4.98 Å². The molecule has 1 fully saturated rings. The summed E-state index contributed by atoms with van der Waals surface area (Å²) in [5.74, 6) is 1.93. The minimum absolute atomic E-state index is 0. The van der Waals surface area contributed by atoms with Gasteiger partial charge >= 0.3 is 0 Å². The van der Waals surface area contributed by atoms with E-state index >= 15 is 0 Å². The van der Waals surface area contributed by atoms with Gasteiger partial charge in [0.1, 0.15) is 5.82 Å². The van der Waals surface area contributed by atoms with Crippen molar-refractivity contribution in [1.29, 1.82) is 0 Å². The molecule has 1 unspecified atom stereocenters. The van der Waals surface area contributed by atoms with Crippen molar-refractivity contribution in [3.05, 3.63) is 53.7 Å². The number of hydrogen-bond donors (Lipinski definition) is 3. The van der Waals surface area contributed by atoms with Gasteiger partial charge < -0.3 is 25.8 Å². The van der Waals surface area contributed by atoms with Crippen LogP contribution in [0, 0.1) is 0 Å². The van der Waals surface area contributed by atoms with E-state index in [1.54, 1.807) is 7.05 Å². The summed E-state index contributed by atoms with van der Waals surface area (Å²) in [6.07, 6.45) is 2.41. The second-order valence-electron chi connectivity index (χ2n) is 8.29. The number of anilines is 2. The molecule has 3 heterocycles. The van der Waals surface area contributed by atoms with E-state index in [9.17, 15) is 4.79 Å². The van der Waals surface area contributed by atoms with E-state index in [-0.39, 0.29) is 35.8 Å². The number of hydrogen-bond acceptors (Lipinski definition) is 5. The highest BCUT2D eigenvalue weighted by molar-refractivity contribution is 14.0. The highest BCUT2D eigenvalue weighted by Gasteiger charge is 2.24. The summed E-state index contributed by atoms with van der Waals surface area (Å²) >= 11 is 0. The van der Waals surface area contributed by atoms with Gasteiger partial charge in [0.15, 0.2) is 5.96 Å². The first-order valence-electron chi connectivity index (χ1n) is 11.4. The second-order valence-corrected chi connectivity index (χ2v) is 8.29. The Balaban J connectivity index is 0.00000306. The van der Waals surface area contributed by atoms with E-state index in [0.717, 1.165) is 55.4 Å². The lowest BCUT2D eigenvalue weighted by molar-refractivity contribution is -0.116. The monoisotopic (exact) mass is 563 g/mol. The van der Waals surface area contributed by atoms with Crippen LogP contribution in [-0.2, 0) is 11.3 Å². The van der Waals surface area contributed by atoms with Crippen molar-refractivity contribution < 1.29 is 4.79 Å². The summed E-state index contributed by atoms with van der Waals surface area (Å²) in [7, 11) is 1.76. The summed E-state index contributed by atoms with van der Waals surface area (Å²) in [4.78, 5) is 25.9. The van der Waals surface area contributed by atoms with Crippen LogP contribution in [0.4, 0.5) is 11.5 Å². The van der Waals surface area contributed by atoms with Gasteiger partial charge in [0.05, 0.1) is 0 Å². The van der Waals surface area contributed by atoms with Gasteiger partial charge in [0, 0.05) is 70.5 Å². The maximum absolute atomic E-state index is 12.0. The fourth-order valence-electron chi connectivity index (χ4n) is 4.31. The molecule has 0 saturated carbocycles. The number of amides is 1. The first-order chi connectivity index (χ1) is 15.7. The third-order valence-corrected chi connectivity index (χ3v) is 6.26. The molecule has 1 amide bonds. The number of guanidine groups is 1. The molecule has 178 valence electrons. The molecule has 0 bridgehead atoms. The molecule has 1 atom stereocenters. The van der Waals surface area contributed by atoms with Gasteiger partial charge in [0.2, 0.25) is 5.91 Å². The predicted molar refractivity (Wildman–Crippen MR) is 145 cm³/mol. The lowest BCUT2D eigenvalue weighted by Gasteiger charge is -2.34. The lowest BCUT2D eigenvalue weighted by Crippen LogP contribution is -2.46. The summed E-state index contributed by atoms with van der Waals surface area (Å²) < 4.78 is 0. The van der Waals surface area contributed by atoms with E-state index in [1.165, 1.54) is 0 Å². The topological polar surface area (TPSA) is 84.9 Å². The average Bonchev–Trinajstić information content (AvgIpc) is 2.84. The number of piperazine rings is 1. The van der Waals surface area contributed by atoms with Crippen molar-refractivity contribution in [1.82, 2.24) is 20.5 Å². The number of aromatic nitrogens is 1. The van der Waals surface area contributed by atoms with Crippen molar-refractivity contribution in [2.24, 2.45) is 4.99 Å². The maximum Gasteiger partial charge on any atom is 0.225 e. The molecule has 9 heteroatoms. The average molecular weight is 563 g/mol. The number of aliphatic imine (C=N–C) groups is 1. The number of para-hydroxylation sites is 1. The Morgan fingerprint density at radius 3 is 2.64 bits per heavy atom. The van der Waals surface area contributed by atoms with Gasteiger partial charge in [-0.1, -0.05) is 31.2 Å². The summed E-state index contributed by atoms with van der Waals surface area (Å²) in [5.41, 5.74) is 3.17. The van der Waals surface area contributed by atoms with Crippen LogP contribution >= 0.6 is 24.0 Å². The van der Waals surface area contributed by atoms with Gasteiger partial charge in [-0.15, -0.1) is 24.0 Å². The second kappa shape index (κ2) is 12.2. The van der Waals surface area contributed by atoms with E-state index in [4.69, 9.17) is 0 Å². The highest BCUT2D eigenvalue weighted by atomic mass is 127. The molecular weight excluding hydrogens is 529 g/mol. The molecule has 1 saturated heterocycles. The lowest BCUT2D eigenvalue weighted by atomic mass is 9.90. The molecule has 0 spiro atoms. The quantitative estimate of drug-likeness (QED) is 0.285. The fourth-order valence-corrected chi connectivity index (χ4v) is 4.31. The number of pyridine rings is 1. The summed E-state index contributed by atoms with van der Waals surface area (Å²) in [5, 5.41) is 9.67. The third kappa shape index (κ3) is 6.57. The molecule has 8 nitrogen and oxygen atoms in total. The molecule has 2 aromatic rings. The number of rotatable bonds is 6. The number of nitrogens with zero attached hydrogens (tertiary/aromatic N) is 4. The minimum Gasteiger partial charge on any atom is -0.356 e. The van der Waals surface area contributed by atoms with Crippen LogP contribution in [0.15, 0.2) is 47.6 Å². The van der Waals surface area contributed by atoms with Crippen LogP contribution in [-0.4, -0.2) is 68.1 Å². The number of benzene rings is 1. The number of carbonyl (C=O) groups is 1. The van der Waals surface area contributed by atoms with Crippen molar-refractivity contribution in [3.8, 4) is 0 Å².